The zero-order valence-electron chi connectivity index (χ0n) is 9.21. The van der Waals surface area contributed by atoms with Gasteiger partial charge in [-0.15, -0.1) is 0 Å². The van der Waals surface area contributed by atoms with Crippen LogP contribution in [0.15, 0.2) is 0 Å². The van der Waals surface area contributed by atoms with E-state index in [0.29, 0.717) is 6.04 Å². The average Bonchev–Trinajstić information content (AvgIpc) is 2.78. The number of nitrogens with one attached hydrogen (secondary N) is 1. The number of piperazine rings is 1. The smallest absolute Gasteiger partial charge is 0.0167 e. The van der Waals surface area contributed by atoms with Gasteiger partial charge in [0, 0.05) is 31.7 Å². The van der Waals surface area contributed by atoms with Crippen LogP contribution in [0.2, 0.25) is 0 Å². The summed E-state index contributed by atoms with van der Waals surface area (Å²) < 4.78 is 0. The molecule has 2 nitrogen and oxygen atoms in total. The molecule has 3 rings (SSSR count). The second-order valence-electron chi connectivity index (χ2n) is 5.59. The highest BCUT2D eigenvalue weighted by Gasteiger charge is 2.42. The van der Waals surface area contributed by atoms with Crippen LogP contribution < -0.4 is 5.32 Å². The molecule has 14 heavy (non-hydrogen) atoms. The van der Waals surface area contributed by atoms with Gasteiger partial charge < -0.3 is 5.32 Å². The summed E-state index contributed by atoms with van der Waals surface area (Å²) in [5.74, 6) is 2.15. The van der Waals surface area contributed by atoms with E-state index in [9.17, 15) is 0 Å². The van der Waals surface area contributed by atoms with Crippen molar-refractivity contribution in [1.29, 1.82) is 0 Å². The van der Waals surface area contributed by atoms with E-state index in [4.69, 9.17) is 0 Å². The number of rotatable bonds is 1. The van der Waals surface area contributed by atoms with Gasteiger partial charge in [0.05, 0.1) is 0 Å². The van der Waals surface area contributed by atoms with Crippen molar-refractivity contribution in [2.24, 2.45) is 11.8 Å². The molecule has 4 unspecified atom stereocenters. The predicted octanol–water partition coefficient (Wildman–Crippen LogP) is 1.47. The molecular weight excluding hydrogens is 172 g/mol. The van der Waals surface area contributed by atoms with Gasteiger partial charge in [0.1, 0.15) is 0 Å². The maximum absolute atomic E-state index is 3.54. The molecule has 1 saturated heterocycles. The molecular formula is C12H22N2. The zero-order valence-corrected chi connectivity index (χ0v) is 9.21. The first-order valence-corrected chi connectivity index (χ1v) is 6.30. The summed E-state index contributed by atoms with van der Waals surface area (Å²) in [5, 5.41) is 3.54. The molecule has 2 aliphatic carbocycles. The molecule has 2 saturated carbocycles. The highest BCUT2D eigenvalue weighted by Crippen LogP contribution is 2.46. The Morgan fingerprint density at radius 1 is 1.21 bits per heavy atom. The minimum Gasteiger partial charge on any atom is -0.312 e. The van der Waals surface area contributed by atoms with E-state index in [0.717, 1.165) is 17.9 Å². The van der Waals surface area contributed by atoms with Crippen molar-refractivity contribution in [2.45, 2.75) is 44.7 Å². The number of fused-ring (bicyclic) bond motifs is 2. The molecule has 2 bridgehead atoms. The summed E-state index contributed by atoms with van der Waals surface area (Å²) in [7, 11) is 0. The lowest BCUT2D eigenvalue weighted by atomic mass is 9.93. The van der Waals surface area contributed by atoms with Gasteiger partial charge in [-0.3, -0.25) is 4.90 Å². The van der Waals surface area contributed by atoms with Crippen LogP contribution in [-0.2, 0) is 0 Å². The number of hydrogen-bond acceptors (Lipinski definition) is 2. The normalized spacial score (nSPS) is 48.6. The Hall–Kier alpha value is -0.0800. The second kappa shape index (κ2) is 3.49. The van der Waals surface area contributed by atoms with Crippen molar-refractivity contribution in [3.05, 3.63) is 0 Å². The topological polar surface area (TPSA) is 15.3 Å². The van der Waals surface area contributed by atoms with E-state index >= 15 is 0 Å². The summed E-state index contributed by atoms with van der Waals surface area (Å²) in [6.45, 7) is 6.10. The molecule has 0 aromatic heterocycles. The molecule has 0 amide bonds. The molecule has 3 fully saturated rings. The molecule has 0 spiro atoms. The second-order valence-corrected chi connectivity index (χ2v) is 5.59. The molecule has 0 radical (unpaired) electrons. The summed E-state index contributed by atoms with van der Waals surface area (Å²) in [6.07, 6.45) is 6.11. The Kier molecular flexibility index (Phi) is 2.29. The Morgan fingerprint density at radius 2 is 2.14 bits per heavy atom. The van der Waals surface area contributed by atoms with E-state index < -0.39 is 0 Å². The number of nitrogens with zero attached hydrogens (tertiary/aromatic N) is 1. The van der Waals surface area contributed by atoms with Crippen LogP contribution in [0.25, 0.3) is 0 Å². The number of hydrogen-bond donors (Lipinski definition) is 1. The highest BCUT2D eigenvalue weighted by atomic mass is 15.2. The largest absolute Gasteiger partial charge is 0.312 e. The van der Waals surface area contributed by atoms with E-state index in [2.05, 4.69) is 17.1 Å². The van der Waals surface area contributed by atoms with Gasteiger partial charge in [0.25, 0.3) is 0 Å². The first-order valence-electron chi connectivity index (χ1n) is 6.30. The fraction of sp³-hybridized carbons (Fsp3) is 1.00. The van der Waals surface area contributed by atoms with Gasteiger partial charge in [-0.05, 0) is 38.0 Å². The summed E-state index contributed by atoms with van der Waals surface area (Å²) in [6, 6.07) is 1.67. The monoisotopic (exact) mass is 194 g/mol. The van der Waals surface area contributed by atoms with Crippen molar-refractivity contribution in [3.8, 4) is 0 Å². The van der Waals surface area contributed by atoms with Crippen LogP contribution in [0.5, 0.6) is 0 Å². The molecule has 1 heterocycles. The first-order chi connectivity index (χ1) is 6.83. The minimum atomic E-state index is 0.711. The molecule has 3 aliphatic rings. The molecule has 80 valence electrons. The standard InChI is InChI=1S/C12H22N2/c1-9-8-14(5-4-13-9)12-7-10-2-3-11(12)6-10/h9-13H,2-8H2,1H3. The Bertz CT molecular complexity index is 216. The van der Waals surface area contributed by atoms with E-state index in [1.807, 2.05) is 0 Å². The van der Waals surface area contributed by atoms with Crippen molar-refractivity contribution in [3.63, 3.8) is 0 Å². The molecule has 1 N–H and O–H groups in total. The van der Waals surface area contributed by atoms with Crippen molar-refractivity contribution in [2.75, 3.05) is 19.6 Å². The lowest BCUT2D eigenvalue weighted by Crippen LogP contribution is -2.54. The van der Waals surface area contributed by atoms with Gasteiger partial charge in [0.2, 0.25) is 0 Å². The van der Waals surface area contributed by atoms with E-state index in [1.54, 1.807) is 6.42 Å². The lowest BCUT2D eigenvalue weighted by molar-refractivity contribution is 0.108. The Balaban J connectivity index is 1.65. The highest BCUT2D eigenvalue weighted by molar-refractivity contribution is 4.96. The van der Waals surface area contributed by atoms with Crippen molar-refractivity contribution >= 4 is 0 Å². The van der Waals surface area contributed by atoms with E-state index in [1.165, 1.54) is 38.9 Å². The van der Waals surface area contributed by atoms with Crippen LogP contribution >= 0.6 is 0 Å². The van der Waals surface area contributed by atoms with Crippen molar-refractivity contribution in [1.82, 2.24) is 10.2 Å². The SMILES string of the molecule is CC1CN(C2CC3CCC2C3)CCN1. The quantitative estimate of drug-likeness (QED) is 0.680. The van der Waals surface area contributed by atoms with Gasteiger partial charge in [-0.1, -0.05) is 6.42 Å². The van der Waals surface area contributed by atoms with Gasteiger partial charge in [-0.2, -0.15) is 0 Å². The third-order valence-corrected chi connectivity index (χ3v) is 4.57. The fourth-order valence-electron chi connectivity index (χ4n) is 3.92. The average molecular weight is 194 g/mol. The van der Waals surface area contributed by atoms with Gasteiger partial charge in [-0.25, -0.2) is 0 Å². The third kappa shape index (κ3) is 1.49. The van der Waals surface area contributed by atoms with Crippen LogP contribution in [-0.4, -0.2) is 36.6 Å². The van der Waals surface area contributed by atoms with Crippen LogP contribution in [0.3, 0.4) is 0 Å². The maximum Gasteiger partial charge on any atom is 0.0167 e. The van der Waals surface area contributed by atoms with E-state index in [-0.39, 0.29) is 0 Å². The Morgan fingerprint density at radius 3 is 2.79 bits per heavy atom. The zero-order chi connectivity index (χ0) is 9.54. The minimum absolute atomic E-state index is 0.711. The van der Waals surface area contributed by atoms with Gasteiger partial charge >= 0.3 is 0 Å². The van der Waals surface area contributed by atoms with Crippen molar-refractivity contribution < 1.29 is 0 Å². The molecule has 0 aromatic carbocycles. The molecule has 1 aliphatic heterocycles. The fourth-order valence-corrected chi connectivity index (χ4v) is 3.92. The van der Waals surface area contributed by atoms with Crippen LogP contribution in [0.4, 0.5) is 0 Å². The summed E-state index contributed by atoms with van der Waals surface area (Å²) in [4.78, 5) is 2.77. The maximum atomic E-state index is 3.54. The predicted molar refractivity (Wildman–Crippen MR) is 58.3 cm³/mol. The molecule has 2 heteroatoms. The molecule has 4 atom stereocenters. The lowest BCUT2D eigenvalue weighted by Gasteiger charge is -2.39. The third-order valence-electron chi connectivity index (χ3n) is 4.57. The first kappa shape index (κ1) is 9.17. The molecule has 0 aromatic rings. The van der Waals surface area contributed by atoms with Crippen LogP contribution in [0, 0.1) is 11.8 Å². The van der Waals surface area contributed by atoms with Crippen LogP contribution in [0.1, 0.15) is 32.6 Å². The van der Waals surface area contributed by atoms with Gasteiger partial charge in [0.15, 0.2) is 0 Å². The Labute approximate surface area is 87.0 Å². The summed E-state index contributed by atoms with van der Waals surface area (Å²) in [5.41, 5.74) is 0. The summed E-state index contributed by atoms with van der Waals surface area (Å²) >= 11 is 0.